The molecule has 25 heavy (non-hydrogen) atoms. The maximum absolute atomic E-state index is 12.1. The Morgan fingerprint density at radius 3 is 2.36 bits per heavy atom. The van der Waals surface area contributed by atoms with Crippen molar-refractivity contribution in [3.05, 3.63) is 63.6 Å². The van der Waals surface area contributed by atoms with E-state index in [9.17, 15) is 14.4 Å². The molecule has 132 valence electrons. The van der Waals surface area contributed by atoms with Crippen LogP contribution in [-0.4, -0.2) is 40.2 Å². The molecule has 0 saturated carbocycles. The van der Waals surface area contributed by atoms with Gasteiger partial charge in [-0.1, -0.05) is 31.2 Å². The van der Waals surface area contributed by atoms with Crippen molar-refractivity contribution in [3.8, 4) is 0 Å². The van der Waals surface area contributed by atoms with E-state index in [0.717, 1.165) is 16.7 Å². The van der Waals surface area contributed by atoms with Crippen molar-refractivity contribution in [3.63, 3.8) is 0 Å². The van der Waals surface area contributed by atoms with Crippen molar-refractivity contribution in [1.82, 2.24) is 14.7 Å². The Balaban J connectivity index is 1.88. The largest absolute Gasteiger partial charge is 0.451 e. The molecule has 0 saturated heterocycles. The zero-order valence-corrected chi connectivity index (χ0v) is 14.6. The molecule has 1 aromatic carbocycles. The van der Waals surface area contributed by atoms with E-state index in [2.05, 4.69) is 12.0 Å². The Hall–Kier alpha value is -2.96. The van der Waals surface area contributed by atoms with Gasteiger partial charge >= 0.3 is 5.97 Å². The van der Waals surface area contributed by atoms with E-state index in [-0.39, 0.29) is 23.8 Å². The van der Waals surface area contributed by atoms with Crippen LogP contribution in [0, 0.1) is 0 Å². The first-order valence-electron chi connectivity index (χ1n) is 7.94. The molecule has 0 N–H and O–H groups in total. The monoisotopic (exact) mass is 343 g/mol. The van der Waals surface area contributed by atoms with Crippen molar-refractivity contribution in [1.29, 1.82) is 0 Å². The standard InChI is InChI=1S/C18H21N3O4/c1-4-13-5-7-14(8-6-13)11-20(2)17(23)12-25-18(24)15-9-10-16(22)21(3)19-15/h5-10H,4,11-12H2,1-3H3. The van der Waals surface area contributed by atoms with Crippen LogP contribution >= 0.6 is 0 Å². The number of aryl methyl sites for hydroxylation is 2. The van der Waals surface area contributed by atoms with Gasteiger partial charge in [-0.25, -0.2) is 9.48 Å². The molecule has 0 fully saturated rings. The zero-order valence-electron chi connectivity index (χ0n) is 14.6. The average molecular weight is 343 g/mol. The number of likely N-dealkylation sites (N-methyl/N-ethyl adjacent to an activating group) is 1. The molecular weight excluding hydrogens is 322 g/mol. The van der Waals surface area contributed by atoms with Gasteiger partial charge < -0.3 is 9.64 Å². The summed E-state index contributed by atoms with van der Waals surface area (Å²) >= 11 is 0. The maximum atomic E-state index is 12.1. The summed E-state index contributed by atoms with van der Waals surface area (Å²) in [5.74, 6) is -1.07. The molecule has 0 aliphatic heterocycles. The lowest BCUT2D eigenvalue weighted by Crippen LogP contribution is -2.31. The summed E-state index contributed by atoms with van der Waals surface area (Å²) in [6, 6.07) is 10.5. The molecule has 0 atom stereocenters. The van der Waals surface area contributed by atoms with E-state index in [0.29, 0.717) is 6.54 Å². The second-order valence-electron chi connectivity index (χ2n) is 5.68. The van der Waals surface area contributed by atoms with Gasteiger partial charge in [0.05, 0.1) is 0 Å². The first-order chi connectivity index (χ1) is 11.9. The van der Waals surface area contributed by atoms with Crippen molar-refractivity contribution >= 4 is 11.9 Å². The Morgan fingerprint density at radius 2 is 1.76 bits per heavy atom. The quantitative estimate of drug-likeness (QED) is 0.735. The highest BCUT2D eigenvalue weighted by atomic mass is 16.5. The summed E-state index contributed by atoms with van der Waals surface area (Å²) in [5, 5.41) is 3.78. The fraction of sp³-hybridized carbons (Fsp3) is 0.333. The molecule has 7 heteroatoms. The van der Waals surface area contributed by atoms with Gasteiger partial charge in [0.1, 0.15) is 0 Å². The molecule has 1 amide bonds. The van der Waals surface area contributed by atoms with Gasteiger partial charge in [-0.3, -0.25) is 9.59 Å². The third kappa shape index (κ3) is 5.00. The lowest BCUT2D eigenvalue weighted by atomic mass is 10.1. The van der Waals surface area contributed by atoms with E-state index >= 15 is 0 Å². The number of ether oxygens (including phenoxy) is 1. The van der Waals surface area contributed by atoms with Gasteiger partial charge in [0.15, 0.2) is 12.3 Å². The van der Waals surface area contributed by atoms with Crippen molar-refractivity contribution in [2.45, 2.75) is 19.9 Å². The second kappa shape index (κ2) is 8.23. The summed E-state index contributed by atoms with van der Waals surface area (Å²) in [6.45, 7) is 2.13. The summed E-state index contributed by atoms with van der Waals surface area (Å²) in [7, 11) is 3.08. The highest BCUT2D eigenvalue weighted by Crippen LogP contribution is 2.07. The number of nitrogens with zero attached hydrogens (tertiary/aromatic N) is 3. The van der Waals surface area contributed by atoms with Gasteiger partial charge in [0.2, 0.25) is 0 Å². The molecule has 0 aliphatic rings. The van der Waals surface area contributed by atoms with Crippen molar-refractivity contribution < 1.29 is 14.3 Å². The molecule has 0 bridgehead atoms. The van der Waals surface area contributed by atoms with E-state index < -0.39 is 5.97 Å². The zero-order chi connectivity index (χ0) is 18.4. The molecule has 1 heterocycles. The minimum absolute atomic E-state index is 0.0206. The van der Waals surface area contributed by atoms with Gasteiger partial charge in [-0.2, -0.15) is 5.10 Å². The van der Waals surface area contributed by atoms with Gasteiger partial charge in [-0.15, -0.1) is 0 Å². The summed E-state index contributed by atoms with van der Waals surface area (Å²) in [4.78, 5) is 36.7. The van der Waals surface area contributed by atoms with E-state index in [1.165, 1.54) is 29.6 Å². The second-order valence-corrected chi connectivity index (χ2v) is 5.68. The molecular formula is C18H21N3O4. The van der Waals surface area contributed by atoms with Crippen molar-refractivity contribution in [2.75, 3.05) is 13.7 Å². The minimum atomic E-state index is -0.746. The van der Waals surface area contributed by atoms with Gasteiger partial charge in [0, 0.05) is 26.7 Å². The fourth-order valence-corrected chi connectivity index (χ4v) is 2.17. The molecule has 7 nitrogen and oxygen atoms in total. The summed E-state index contributed by atoms with van der Waals surface area (Å²) < 4.78 is 6.00. The summed E-state index contributed by atoms with van der Waals surface area (Å²) in [5.41, 5.74) is 1.88. The topological polar surface area (TPSA) is 81.5 Å². The molecule has 1 aromatic heterocycles. The summed E-state index contributed by atoms with van der Waals surface area (Å²) in [6.07, 6.45) is 0.962. The number of aromatic nitrogens is 2. The highest BCUT2D eigenvalue weighted by Gasteiger charge is 2.15. The SMILES string of the molecule is CCc1ccc(CN(C)C(=O)COC(=O)c2ccc(=O)n(C)n2)cc1. The number of amides is 1. The van der Waals surface area contributed by atoms with E-state index in [1.54, 1.807) is 7.05 Å². The van der Waals surface area contributed by atoms with Crippen molar-refractivity contribution in [2.24, 2.45) is 7.05 Å². The smallest absolute Gasteiger partial charge is 0.359 e. The Morgan fingerprint density at radius 1 is 1.12 bits per heavy atom. The van der Waals surface area contributed by atoms with Gasteiger partial charge in [-0.05, 0) is 23.6 Å². The first kappa shape index (κ1) is 18.4. The molecule has 0 aliphatic carbocycles. The Bertz CT molecular complexity index is 812. The number of hydrogen-bond donors (Lipinski definition) is 0. The van der Waals surface area contributed by atoms with Crippen LogP contribution in [0.3, 0.4) is 0 Å². The Kier molecular flexibility index (Phi) is 6.05. The molecule has 0 unspecified atom stereocenters. The lowest BCUT2D eigenvalue weighted by Gasteiger charge is -2.17. The maximum Gasteiger partial charge on any atom is 0.359 e. The molecule has 2 aromatic rings. The van der Waals surface area contributed by atoms with Crippen LogP contribution in [-0.2, 0) is 29.5 Å². The van der Waals surface area contributed by atoms with Crippen LogP contribution in [0.25, 0.3) is 0 Å². The number of esters is 1. The van der Waals surface area contributed by atoms with Crippen LogP contribution in [0.4, 0.5) is 0 Å². The molecule has 2 rings (SSSR count). The normalized spacial score (nSPS) is 10.4. The molecule has 0 spiro atoms. The minimum Gasteiger partial charge on any atom is -0.451 e. The predicted octanol–water partition coefficient (Wildman–Crippen LogP) is 1.16. The Labute approximate surface area is 145 Å². The average Bonchev–Trinajstić information content (AvgIpc) is 2.62. The van der Waals surface area contributed by atoms with Crippen LogP contribution in [0.1, 0.15) is 28.5 Å². The highest BCUT2D eigenvalue weighted by molar-refractivity contribution is 5.89. The van der Waals surface area contributed by atoms with Gasteiger partial charge in [0.25, 0.3) is 11.5 Å². The van der Waals surface area contributed by atoms with Crippen LogP contribution in [0.2, 0.25) is 0 Å². The molecule has 0 radical (unpaired) electrons. The third-order valence-corrected chi connectivity index (χ3v) is 3.77. The van der Waals surface area contributed by atoms with Crippen LogP contribution in [0.5, 0.6) is 0 Å². The lowest BCUT2D eigenvalue weighted by molar-refractivity contribution is -0.133. The number of carbonyl (C=O) groups excluding carboxylic acids is 2. The fourth-order valence-electron chi connectivity index (χ4n) is 2.17. The number of hydrogen-bond acceptors (Lipinski definition) is 5. The number of benzene rings is 1. The number of rotatable bonds is 6. The van der Waals surface area contributed by atoms with Crippen LogP contribution < -0.4 is 5.56 Å². The van der Waals surface area contributed by atoms with E-state index in [4.69, 9.17) is 4.74 Å². The number of carbonyl (C=O) groups is 2. The van der Waals surface area contributed by atoms with E-state index in [1.807, 2.05) is 24.3 Å². The van der Waals surface area contributed by atoms with Crippen LogP contribution in [0.15, 0.2) is 41.2 Å². The first-order valence-corrected chi connectivity index (χ1v) is 7.94. The predicted molar refractivity (Wildman–Crippen MR) is 92.1 cm³/mol. The third-order valence-electron chi connectivity index (χ3n) is 3.77.